The number of likely N-dealkylation sites (tertiary alicyclic amines) is 1. The second-order valence-corrected chi connectivity index (χ2v) is 6.10. The van der Waals surface area contributed by atoms with Gasteiger partial charge in [0.25, 0.3) is 0 Å². The van der Waals surface area contributed by atoms with Gasteiger partial charge >= 0.3 is 0 Å². The molecule has 0 bridgehead atoms. The topological polar surface area (TPSA) is 78.8 Å². The summed E-state index contributed by atoms with van der Waals surface area (Å²) in [6.45, 7) is 1.76. The van der Waals surface area contributed by atoms with Crippen molar-refractivity contribution in [2.24, 2.45) is 0 Å². The van der Waals surface area contributed by atoms with Crippen LogP contribution in [0.15, 0.2) is 53.2 Å². The molecule has 1 aromatic carbocycles. The van der Waals surface area contributed by atoms with Gasteiger partial charge in [-0.1, -0.05) is 23.4 Å². The van der Waals surface area contributed by atoms with Crippen LogP contribution in [0.25, 0.3) is 11.4 Å². The van der Waals surface area contributed by atoms with Crippen molar-refractivity contribution < 1.29 is 4.52 Å². The van der Waals surface area contributed by atoms with Crippen molar-refractivity contribution >= 4 is 0 Å². The molecule has 6 heteroatoms. The van der Waals surface area contributed by atoms with Crippen molar-refractivity contribution in [1.82, 2.24) is 20.0 Å². The van der Waals surface area contributed by atoms with E-state index in [1.54, 1.807) is 12.1 Å². The molecule has 0 aliphatic carbocycles. The Labute approximate surface area is 145 Å². The van der Waals surface area contributed by atoms with Gasteiger partial charge in [-0.2, -0.15) is 10.2 Å². The normalized spacial score (nSPS) is 17.5. The summed E-state index contributed by atoms with van der Waals surface area (Å²) < 4.78 is 5.54. The van der Waals surface area contributed by atoms with Crippen molar-refractivity contribution in [3.63, 3.8) is 0 Å². The minimum absolute atomic E-state index is 0.113. The predicted molar refractivity (Wildman–Crippen MR) is 91.1 cm³/mol. The van der Waals surface area contributed by atoms with E-state index in [1.807, 2.05) is 36.5 Å². The summed E-state index contributed by atoms with van der Waals surface area (Å²) in [6, 6.07) is 15.4. The van der Waals surface area contributed by atoms with Crippen LogP contribution >= 0.6 is 0 Å². The van der Waals surface area contributed by atoms with Crippen LogP contribution in [-0.2, 0) is 6.54 Å². The summed E-state index contributed by atoms with van der Waals surface area (Å²) in [5.41, 5.74) is 2.42. The van der Waals surface area contributed by atoms with Crippen LogP contribution in [-0.4, -0.2) is 26.6 Å². The predicted octanol–water partition coefficient (Wildman–Crippen LogP) is 3.34. The lowest BCUT2D eigenvalue weighted by molar-refractivity contribution is 0.199. The number of hydrogen-bond donors (Lipinski definition) is 0. The molecule has 124 valence electrons. The second kappa shape index (κ2) is 6.83. The fourth-order valence-electron chi connectivity index (χ4n) is 3.21. The molecule has 1 saturated heterocycles. The van der Waals surface area contributed by atoms with Crippen molar-refractivity contribution in [1.29, 1.82) is 5.26 Å². The Hall–Kier alpha value is -3.04. The number of nitriles is 1. The van der Waals surface area contributed by atoms with E-state index < -0.39 is 0 Å². The first kappa shape index (κ1) is 15.5. The lowest BCUT2D eigenvalue weighted by Crippen LogP contribution is -2.23. The molecule has 1 aliphatic rings. The molecule has 1 atom stereocenters. The number of pyridine rings is 1. The molecule has 1 unspecified atom stereocenters. The first-order chi connectivity index (χ1) is 12.3. The van der Waals surface area contributed by atoms with Gasteiger partial charge < -0.3 is 4.52 Å². The number of hydrogen-bond acceptors (Lipinski definition) is 6. The highest BCUT2D eigenvalue weighted by molar-refractivity contribution is 5.57. The van der Waals surface area contributed by atoms with E-state index in [-0.39, 0.29) is 6.04 Å². The SMILES string of the molecule is N#Cc1cccc(-c2noc(C3CCCN3Cc3ccccn3)n2)c1. The quantitative estimate of drug-likeness (QED) is 0.729. The fourth-order valence-corrected chi connectivity index (χ4v) is 3.21. The Balaban J connectivity index is 1.55. The summed E-state index contributed by atoms with van der Waals surface area (Å²) in [5, 5.41) is 13.1. The van der Waals surface area contributed by atoms with E-state index in [1.165, 1.54) is 0 Å². The summed E-state index contributed by atoms with van der Waals surface area (Å²) in [4.78, 5) is 11.3. The molecular weight excluding hydrogens is 314 g/mol. The highest BCUT2D eigenvalue weighted by atomic mass is 16.5. The minimum Gasteiger partial charge on any atom is -0.337 e. The zero-order valence-electron chi connectivity index (χ0n) is 13.7. The van der Waals surface area contributed by atoms with E-state index in [4.69, 9.17) is 9.78 Å². The fraction of sp³-hybridized carbons (Fsp3) is 0.263. The van der Waals surface area contributed by atoms with Crippen LogP contribution in [0.1, 0.15) is 36.0 Å². The maximum absolute atomic E-state index is 9.03. The molecule has 25 heavy (non-hydrogen) atoms. The van der Waals surface area contributed by atoms with Crippen molar-refractivity contribution in [2.45, 2.75) is 25.4 Å². The van der Waals surface area contributed by atoms with Gasteiger partial charge in [-0.05, 0) is 43.7 Å². The molecule has 0 radical (unpaired) electrons. The highest BCUT2D eigenvalue weighted by Gasteiger charge is 2.31. The highest BCUT2D eigenvalue weighted by Crippen LogP contribution is 2.33. The van der Waals surface area contributed by atoms with Crippen LogP contribution in [0.5, 0.6) is 0 Å². The van der Waals surface area contributed by atoms with Gasteiger partial charge in [0.15, 0.2) is 0 Å². The molecule has 1 aliphatic heterocycles. The number of rotatable bonds is 4. The molecule has 0 saturated carbocycles. The molecule has 0 N–H and O–H groups in total. The lowest BCUT2D eigenvalue weighted by atomic mass is 10.1. The molecule has 1 fully saturated rings. The van der Waals surface area contributed by atoms with E-state index in [2.05, 4.69) is 26.1 Å². The number of benzene rings is 1. The van der Waals surface area contributed by atoms with Crippen LogP contribution in [0.4, 0.5) is 0 Å². The number of nitrogens with zero attached hydrogens (tertiary/aromatic N) is 5. The van der Waals surface area contributed by atoms with Crippen molar-refractivity contribution in [3.05, 3.63) is 65.8 Å². The smallest absolute Gasteiger partial charge is 0.244 e. The molecule has 6 nitrogen and oxygen atoms in total. The molecule has 0 amide bonds. The van der Waals surface area contributed by atoms with Crippen LogP contribution < -0.4 is 0 Å². The second-order valence-electron chi connectivity index (χ2n) is 6.10. The minimum atomic E-state index is 0.113. The maximum atomic E-state index is 9.03. The molecule has 3 aromatic rings. The number of aromatic nitrogens is 3. The van der Waals surface area contributed by atoms with Gasteiger partial charge in [-0.25, -0.2) is 0 Å². The molecule has 0 spiro atoms. The van der Waals surface area contributed by atoms with Crippen LogP contribution in [0.3, 0.4) is 0 Å². The third-order valence-electron chi connectivity index (χ3n) is 4.43. The Morgan fingerprint density at radius 2 is 2.20 bits per heavy atom. The average Bonchev–Trinajstić information content (AvgIpc) is 3.32. The van der Waals surface area contributed by atoms with Gasteiger partial charge in [0.1, 0.15) is 0 Å². The van der Waals surface area contributed by atoms with E-state index in [0.717, 1.165) is 37.2 Å². The van der Waals surface area contributed by atoms with E-state index in [0.29, 0.717) is 17.3 Å². The monoisotopic (exact) mass is 331 g/mol. The Bertz CT molecular complexity index is 899. The Morgan fingerprint density at radius 1 is 1.24 bits per heavy atom. The maximum Gasteiger partial charge on any atom is 0.244 e. The average molecular weight is 331 g/mol. The van der Waals surface area contributed by atoms with Crippen LogP contribution in [0.2, 0.25) is 0 Å². The van der Waals surface area contributed by atoms with Gasteiger partial charge in [-0.3, -0.25) is 9.88 Å². The summed E-state index contributed by atoms with van der Waals surface area (Å²) in [7, 11) is 0. The van der Waals surface area contributed by atoms with Gasteiger partial charge in [0.05, 0.1) is 23.4 Å². The largest absolute Gasteiger partial charge is 0.337 e. The van der Waals surface area contributed by atoms with Crippen molar-refractivity contribution in [3.8, 4) is 17.5 Å². The summed E-state index contributed by atoms with van der Waals surface area (Å²) >= 11 is 0. The van der Waals surface area contributed by atoms with Gasteiger partial charge in [0, 0.05) is 18.3 Å². The van der Waals surface area contributed by atoms with E-state index >= 15 is 0 Å². The molecular formula is C19H17N5O. The van der Waals surface area contributed by atoms with Gasteiger partial charge in [0.2, 0.25) is 11.7 Å². The third kappa shape index (κ3) is 3.28. The molecule has 4 rings (SSSR count). The molecule has 3 heterocycles. The first-order valence-electron chi connectivity index (χ1n) is 8.31. The van der Waals surface area contributed by atoms with E-state index in [9.17, 15) is 0 Å². The first-order valence-corrected chi connectivity index (χ1v) is 8.31. The third-order valence-corrected chi connectivity index (χ3v) is 4.43. The zero-order chi connectivity index (χ0) is 17.1. The van der Waals surface area contributed by atoms with Crippen molar-refractivity contribution in [2.75, 3.05) is 6.54 Å². The standard InChI is InChI=1S/C19H17N5O/c20-12-14-5-3-6-15(11-14)18-22-19(25-23-18)17-8-4-10-24(17)13-16-7-1-2-9-21-16/h1-3,5-7,9,11,17H,4,8,10,13H2. The Morgan fingerprint density at radius 3 is 3.04 bits per heavy atom. The lowest BCUT2D eigenvalue weighted by Gasteiger charge is -2.20. The Kier molecular flexibility index (Phi) is 4.23. The summed E-state index contributed by atoms with van der Waals surface area (Å²) in [5.74, 6) is 1.16. The summed E-state index contributed by atoms with van der Waals surface area (Å²) in [6.07, 6.45) is 3.90. The van der Waals surface area contributed by atoms with Gasteiger partial charge in [-0.15, -0.1) is 0 Å². The zero-order valence-corrected chi connectivity index (χ0v) is 13.7. The van der Waals surface area contributed by atoms with Crippen LogP contribution in [0, 0.1) is 11.3 Å². The molecule has 2 aromatic heterocycles.